The van der Waals surface area contributed by atoms with Crippen molar-refractivity contribution in [2.45, 2.75) is 50.9 Å². The average Bonchev–Trinajstić information content (AvgIpc) is 2.03. The maximum absolute atomic E-state index is 9.48. The zero-order valence-corrected chi connectivity index (χ0v) is 7.57. The summed E-state index contributed by atoms with van der Waals surface area (Å²) in [6.45, 7) is 2.02. The molecule has 3 heteroatoms. The van der Waals surface area contributed by atoms with Crippen molar-refractivity contribution in [1.82, 2.24) is 0 Å². The predicted octanol–water partition coefficient (Wildman–Crippen LogP) is 0.687. The van der Waals surface area contributed by atoms with Gasteiger partial charge in [0.25, 0.3) is 0 Å². The minimum atomic E-state index is -0.431. The van der Waals surface area contributed by atoms with Gasteiger partial charge in [-0.2, -0.15) is 0 Å². The molecule has 0 amide bonds. The summed E-state index contributed by atoms with van der Waals surface area (Å²) >= 11 is 0. The van der Waals surface area contributed by atoms with E-state index >= 15 is 0 Å². The predicted molar refractivity (Wildman–Crippen MR) is 45.9 cm³/mol. The van der Waals surface area contributed by atoms with Gasteiger partial charge in [-0.3, -0.25) is 0 Å². The van der Waals surface area contributed by atoms with Crippen LogP contribution in [0.2, 0.25) is 0 Å². The second-order valence-corrected chi connectivity index (χ2v) is 3.57. The minimum absolute atomic E-state index is 0.0478. The van der Waals surface area contributed by atoms with Gasteiger partial charge in [0.2, 0.25) is 0 Å². The van der Waals surface area contributed by atoms with Crippen LogP contribution in [0.1, 0.15) is 32.6 Å². The normalized spacial score (nSPS) is 33.2. The molecular formula is C9H18O3. The van der Waals surface area contributed by atoms with Gasteiger partial charge < -0.3 is 14.9 Å². The Morgan fingerprint density at radius 2 is 2.08 bits per heavy atom. The molecule has 3 atom stereocenters. The molecule has 0 bridgehead atoms. The molecule has 0 aliphatic heterocycles. The lowest BCUT2D eigenvalue weighted by Gasteiger charge is -2.27. The molecule has 0 heterocycles. The van der Waals surface area contributed by atoms with Crippen molar-refractivity contribution in [1.29, 1.82) is 0 Å². The van der Waals surface area contributed by atoms with Crippen LogP contribution in [-0.2, 0) is 4.74 Å². The van der Waals surface area contributed by atoms with Crippen LogP contribution in [0.15, 0.2) is 0 Å². The first-order valence-corrected chi connectivity index (χ1v) is 4.68. The summed E-state index contributed by atoms with van der Waals surface area (Å²) in [4.78, 5) is 0. The molecule has 1 aliphatic rings. The van der Waals surface area contributed by atoms with Crippen molar-refractivity contribution >= 4 is 0 Å². The van der Waals surface area contributed by atoms with E-state index in [1.165, 1.54) is 0 Å². The Morgan fingerprint density at radius 1 is 1.42 bits per heavy atom. The van der Waals surface area contributed by atoms with Crippen LogP contribution < -0.4 is 0 Å². The van der Waals surface area contributed by atoms with E-state index in [-0.39, 0.29) is 12.2 Å². The van der Waals surface area contributed by atoms with Gasteiger partial charge in [0.05, 0.1) is 24.9 Å². The molecular weight excluding hydrogens is 156 g/mol. The smallest absolute Gasteiger partial charge is 0.0835 e. The van der Waals surface area contributed by atoms with Gasteiger partial charge in [-0.15, -0.1) is 0 Å². The Morgan fingerprint density at radius 3 is 2.67 bits per heavy atom. The van der Waals surface area contributed by atoms with Gasteiger partial charge in [-0.1, -0.05) is 12.8 Å². The quantitative estimate of drug-likeness (QED) is 0.661. The second-order valence-electron chi connectivity index (χ2n) is 3.57. The van der Waals surface area contributed by atoms with Crippen molar-refractivity contribution in [2.24, 2.45) is 0 Å². The van der Waals surface area contributed by atoms with Crippen molar-refractivity contribution in [3.05, 3.63) is 0 Å². The van der Waals surface area contributed by atoms with E-state index in [1.54, 1.807) is 6.92 Å². The lowest BCUT2D eigenvalue weighted by atomic mass is 9.95. The van der Waals surface area contributed by atoms with E-state index in [4.69, 9.17) is 9.84 Å². The molecule has 72 valence electrons. The van der Waals surface area contributed by atoms with Gasteiger partial charge in [0.1, 0.15) is 0 Å². The van der Waals surface area contributed by atoms with Crippen LogP contribution >= 0.6 is 0 Å². The largest absolute Gasteiger partial charge is 0.391 e. The van der Waals surface area contributed by atoms with E-state index in [2.05, 4.69) is 0 Å². The van der Waals surface area contributed by atoms with Crippen molar-refractivity contribution < 1.29 is 14.9 Å². The fraction of sp³-hybridized carbons (Fsp3) is 1.00. The van der Waals surface area contributed by atoms with Crippen molar-refractivity contribution in [2.75, 3.05) is 6.61 Å². The Hall–Kier alpha value is -0.120. The van der Waals surface area contributed by atoms with Gasteiger partial charge >= 0.3 is 0 Å². The first-order chi connectivity index (χ1) is 5.70. The zero-order valence-electron chi connectivity index (χ0n) is 7.57. The third-order valence-corrected chi connectivity index (χ3v) is 2.22. The van der Waals surface area contributed by atoms with Crippen molar-refractivity contribution in [3.63, 3.8) is 0 Å². The third kappa shape index (κ3) is 3.09. The SMILES string of the molecule is CC(O)COC1CCCCC1O. The summed E-state index contributed by atoms with van der Waals surface area (Å²) in [6, 6.07) is 0. The summed E-state index contributed by atoms with van der Waals surface area (Å²) in [5.74, 6) is 0. The van der Waals surface area contributed by atoms with Gasteiger partial charge in [-0.25, -0.2) is 0 Å². The van der Waals surface area contributed by atoms with Crippen LogP contribution in [0.25, 0.3) is 0 Å². The molecule has 0 aromatic carbocycles. The van der Waals surface area contributed by atoms with Crippen LogP contribution in [0, 0.1) is 0 Å². The molecule has 1 fully saturated rings. The molecule has 0 saturated heterocycles. The number of hydrogen-bond acceptors (Lipinski definition) is 3. The average molecular weight is 174 g/mol. The van der Waals surface area contributed by atoms with E-state index in [1.807, 2.05) is 0 Å². The van der Waals surface area contributed by atoms with E-state index in [0.29, 0.717) is 6.61 Å². The van der Waals surface area contributed by atoms with Crippen molar-refractivity contribution in [3.8, 4) is 0 Å². The summed E-state index contributed by atoms with van der Waals surface area (Å²) in [6.07, 6.45) is 3.18. The Bertz CT molecular complexity index is 125. The van der Waals surface area contributed by atoms with Crippen LogP contribution in [-0.4, -0.2) is 35.1 Å². The highest BCUT2D eigenvalue weighted by atomic mass is 16.5. The topological polar surface area (TPSA) is 49.7 Å². The minimum Gasteiger partial charge on any atom is -0.391 e. The number of rotatable bonds is 3. The highest BCUT2D eigenvalue weighted by Gasteiger charge is 2.23. The zero-order chi connectivity index (χ0) is 8.97. The Balaban J connectivity index is 2.20. The fourth-order valence-corrected chi connectivity index (χ4v) is 1.53. The standard InChI is InChI=1S/C9H18O3/c1-7(10)6-12-9-5-3-2-4-8(9)11/h7-11H,2-6H2,1H3. The van der Waals surface area contributed by atoms with E-state index < -0.39 is 6.10 Å². The van der Waals surface area contributed by atoms with Crippen LogP contribution in [0.4, 0.5) is 0 Å². The highest BCUT2D eigenvalue weighted by molar-refractivity contribution is 4.74. The third-order valence-electron chi connectivity index (χ3n) is 2.22. The molecule has 0 aromatic heterocycles. The molecule has 1 aliphatic carbocycles. The number of ether oxygens (including phenoxy) is 1. The monoisotopic (exact) mass is 174 g/mol. The molecule has 12 heavy (non-hydrogen) atoms. The second kappa shape index (κ2) is 4.80. The van der Waals surface area contributed by atoms with Gasteiger partial charge in [0, 0.05) is 0 Å². The maximum Gasteiger partial charge on any atom is 0.0835 e. The first-order valence-electron chi connectivity index (χ1n) is 4.68. The molecule has 0 spiro atoms. The Kier molecular flexibility index (Phi) is 3.98. The summed E-state index contributed by atoms with van der Waals surface area (Å²) in [5.41, 5.74) is 0. The van der Waals surface area contributed by atoms with Crippen LogP contribution in [0.5, 0.6) is 0 Å². The number of aliphatic hydroxyl groups excluding tert-OH is 2. The van der Waals surface area contributed by atoms with E-state index in [0.717, 1.165) is 25.7 Å². The lowest BCUT2D eigenvalue weighted by molar-refractivity contribution is -0.0797. The lowest BCUT2D eigenvalue weighted by Crippen LogP contribution is -2.34. The molecule has 3 unspecified atom stereocenters. The molecule has 0 aromatic rings. The molecule has 3 nitrogen and oxygen atoms in total. The molecule has 2 N–H and O–H groups in total. The molecule has 0 radical (unpaired) electrons. The summed E-state index contributed by atoms with van der Waals surface area (Å²) in [5, 5.41) is 18.4. The summed E-state index contributed by atoms with van der Waals surface area (Å²) in [7, 11) is 0. The van der Waals surface area contributed by atoms with Gasteiger partial charge in [-0.05, 0) is 19.8 Å². The Labute approximate surface area is 73.4 Å². The highest BCUT2D eigenvalue weighted by Crippen LogP contribution is 2.20. The number of hydrogen-bond donors (Lipinski definition) is 2. The van der Waals surface area contributed by atoms with E-state index in [9.17, 15) is 5.11 Å². The number of aliphatic hydroxyl groups is 2. The van der Waals surface area contributed by atoms with Crippen LogP contribution in [0.3, 0.4) is 0 Å². The summed E-state index contributed by atoms with van der Waals surface area (Å²) < 4.78 is 5.36. The molecule has 1 rings (SSSR count). The van der Waals surface area contributed by atoms with Gasteiger partial charge in [0.15, 0.2) is 0 Å². The molecule has 1 saturated carbocycles. The first kappa shape index (κ1) is 9.96. The maximum atomic E-state index is 9.48. The fourth-order valence-electron chi connectivity index (χ4n) is 1.53.